The van der Waals surface area contributed by atoms with Gasteiger partial charge in [0.25, 0.3) is 0 Å². The monoisotopic (exact) mass is 665 g/mol. The fourth-order valence-corrected chi connectivity index (χ4v) is 5.94. The first-order valence-electron chi connectivity index (χ1n) is 13.0. The molecule has 0 radical (unpaired) electrons. The number of esters is 1. The Kier molecular flexibility index (Phi) is 8.86. The molecule has 1 atom stereocenters. The number of anilines is 2. The van der Waals surface area contributed by atoms with Crippen molar-refractivity contribution in [3.8, 4) is 23.3 Å². The van der Waals surface area contributed by atoms with Crippen molar-refractivity contribution in [2.75, 3.05) is 17.2 Å². The number of Topliss-reactive ketones (excluding diaryl/α,β-unsaturated/α-hetero) is 1. The number of hydrogen-bond acceptors (Lipinski definition) is 10. The van der Waals surface area contributed by atoms with Crippen LogP contribution in [0.25, 0.3) is 11.1 Å². The van der Waals surface area contributed by atoms with E-state index in [-0.39, 0.29) is 45.4 Å². The number of ether oxygens (including phenoxy) is 1. The molecule has 4 aromatic rings. The molecule has 0 spiro atoms. The molecule has 2 amide bonds. The Morgan fingerprint density at radius 1 is 0.955 bits per heavy atom. The lowest BCUT2D eigenvalue weighted by molar-refractivity contribution is -0.121. The Hall–Kier alpha value is -5.30. The number of pyridine rings is 1. The lowest BCUT2D eigenvalue weighted by Crippen LogP contribution is -2.31. The lowest BCUT2D eigenvalue weighted by atomic mass is 9.97. The van der Waals surface area contributed by atoms with E-state index in [1.807, 2.05) is 6.07 Å². The van der Waals surface area contributed by atoms with Crippen molar-refractivity contribution < 1.29 is 23.9 Å². The molecule has 0 saturated carbocycles. The number of benzene rings is 3. The summed E-state index contributed by atoms with van der Waals surface area (Å²) < 4.78 is 5.95. The molecule has 1 saturated heterocycles. The van der Waals surface area contributed by atoms with Crippen molar-refractivity contribution in [1.29, 1.82) is 10.5 Å². The number of halogens is 1. The number of thioether (sulfide) groups is 1. The minimum absolute atomic E-state index is 0.0452. The van der Waals surface area contributed by atoms with Crippen LogP contribution in [0.15, 0.2) is 88.4 Å². The van der Waals surface area contributed by atoms with Gasteiger partial charge in [0.05, 0.1) is 22.1 Å². The summed E-state index contributed by atoms with van der Waals surface area (Å²) >= 11 is 4.22. The number of nitriles is 2. The number of carbonyl (C=O) groups excluding carboxylic acids is 4. The van der Waals surface area contributed by atoms with Crippen molar-refractivity contribution in [3.05, 3.63) is 106 Å². The van der Waals surface area contributed by atoms with E-state index in [2.05, 4.69) is 27.0 Å². The highest BCUT2D eigenvalue weighted by atomic mass is 79.9. The Balaban J connectivity index is 1.31. The van der Waals surface area contributed by atoms with Gasteiger partial charge in [0, 0.05) is 22.0 Å². The maximum Gasteiger partial charge on any atom is 0.338 e. The first-order chi connectivity index (χ1) is 21.2. The molecule has 5 rings (SSSR count). The van der Waals surface area contributed by atoms with Crippen LogP contribution in [0.2, 0.25) is 0 Å². The van der Waals surface area contributed by atoms with Crippen molar-refractivity contribution in [3.63, 3.8) is 0 Å². The Labute approximate surface area is 264 Å². The van der Waals surface area contributed by atoms with Crippen molar-refractivity contribution in [2.45, 2.75) is 16.7 Å². The number of nitrogens with two attached hydrogens (primary N) is 1. The summed E-state index contributed by atoms with van der Waals surface area (Å²) in [6.07, 6.45) is -0.168. The second-order valence-electron chi connectivity index (χ2n) is 9.45. The van der Waals surface area contributed by atoms with E-state index in [1.54, 1.807) is 54.6 Å². The van der Waals surface area contributed by atoms with Gasteiger partial charge >= 0.3 is 5.97 Å². The Morgan fingerprint density at radius 2 is 1.59 bits per heavy atom. The zero-order valence-corrected chi connectivity index (χ0v) is 25.1. The molecule has 1 aliphatic heterocycles. The number of ketones is 1. The fourth-order valence-electron chi connectivity index (χ4n) is 4.56. The highest BCUT2D eigenvalue weighted by Gasteiger charge is 2.41. The van der Waals surface area contributed by atoms with Gasteiger partial charge in [-0.05, 0) is 42.0 Å². The minimum Gasteiger partial charge on any atom is -0.454 e. The number of nitrogen functional groups attached to an aromatic ring is 1. The number of carbonyl (C=O) groups is 4. The van der Waals surface area contributed by atoms with Gasteiger partial charge in [-0.3, -0.25) is 14.4 Å². The summed E-state index contributed by atoms with van der Waals surface area (Å²) in [5, 5.41) is 19.0. The van der Waals surface area contributed by atoms with Crippen LogP contribution < -0.4 is 10.6 Å². The predicted molar refractivity (Wildman–Crippen MR) is 165 cm³/mol. The smallest absolute Gasteiger partial charge is 0.338 e. The maximum atomic E-state index is 13.4. The van der Waals surface area contributed by atoms with Gasteiger partial charge in [0.1, 0.15) is 28.5 Å². The van der Waals surface area contributed by atoms with E-state index in [4.69, 9.17) is 10.5 Å². The van der Waals surface area contributed by atoms with Crippen LogP contribution >= 0.6 is 27.7 Å². The van der Waals surface area contributed by atoms with E-state index >= 15 is 0 Å². The van der Waals surface area contributed by atoms with Gasteiger partial charge in [-0.1, -0.05) is 70.2 Å². The van der Waals surface area contributed by atoms with E-state index in [0.29, 0.717) is 16.7 Å². The molecule has 0 bridgehead atoms. The molecule has 216 valence electrons. The molecule has 0 aliphatic carbocycles. The van der Waals surface area contributed by atoms with E-state index in [9.17, 15) is 29.7 Å². The van der Waals surface area contributed by atoms with Gasteiger partial charge in [0.15, 0.2) is 12.4 Å². The third kappa shape index (κ3) is 6.08. The highest BCUT2D eigenvalue weighted by molar-refractivity contribution is 9.10. The molecule has 10 nitrogen and oxygen atoms in total. The van der Waals surface area contributed by atoms with Crippen LogP contribution in [0.4, 0.5) is 11.5 Å². The summed E-state index contributed by atoms with van der Waals surface area (Å²) in [5.74, 6) is -2.22. The third-order valence-corrected chi connectivity index (χ3v) is 8.40. The fraction of sp³-hybridized carbons (Fsp3) is 0.0938. The zero-order valence-electron chi connectivity index (χ0n) is 22.7. The molecule has 1 aromatic heterocycles. The Bertz CT molecular complexity index is 1880. The number of hydrogen-bond donors (Lipinski definition) is 1. The molecule has 1 unspecified atom stereocenters. The highest BCUT2D eigenvalue weighted by Crippen LogP contribution is 2.40. The minimum atomic E-state index is -0.910. The van der Waals surface area contributed by atoms with Crippen LogP contribution in [0, 0.1) is 22.7 Å². The molecule has 3 aromatic carbocycles. The Morgan fingerprint density at radius 3 is 2.23 bits per heavy atom. The summed E-state index contributed by atoms with van der Waals surface area (Å²) in [6.45, 7) is -0.450. The summed E-state index contributed by atoms with van der Waals surface area (Å²) in [7, 11) is 0. The van der Waals surface area contributed by atoms with Crippen LogP contribution in [-0.2, 0) is 14.3 Å². The number of aromatic nitrogens is 1. The largest absolute Gasteiger partial charge is 0.454 e. The second kappa shape index (κ2) is 12.9. The molecule has 12 heteroatoms. The summed E-state index contributed by atoms with van der Waals surface area (Å²) in [6, 6.07) is 25.2. The average molecular weight is 667 g/mol. The summed E-state index contributed by atoms with van der Waals surface area (Å²) in [4.78, 5) is 56.4. The maximum absolute atomic E-state index is 13.4. The zero-order chi connectivity index (χ0) is 31.4. The molecule has 1 fully saturated rings. The van der Waals surface area contributed by atoms with E-state index < -0.39 is 29.6 Å². The average Bonchev–Trinajstić information content (AvgIpc) is 3.31. The number of rotatable bonds is 8. The van der Waals surface area contributed by atoms with E-state index in [1.165, 1.54) is 24.3 Å². The van der Waals surface area contributed by atoms with Gasteiger partial charge in [-0.15, -0.1) is 0 Å². The van der Waals surface area contributed by atoms with Gasteiger partial charge in [-0.2, -0.15) is 10.5 Å². The van der Waals surface area contributed by atoms with Crippen LogP contribution in [0.3, 0.4) is 0 Å². The number of nitrogens with zero attached hydrogens (tertiary/aromatic N) is 4. The molecular formula is C32H20BrN5O5S. The van der Waals surface area contributed by atoms with Gasteiger partial charge in [0.2, 0.25) is 11.8 Å². The van der Waals surface area contributed by atoms with Crippen molar-refractivity contribution in [1.82, 2.24) is 4.98 Å². The SMILES string of the molecule is N#Cc1c(N)nc(SC2CC(=O)N(c3ccc(C(=O)OCC(=O)c4ccc(Br)cc4)cc3)C2=O)c(C#N)c1-c1ccccc1. The number of imide groups is 1. The normalized spacial score (nSPS) is 14.2. The van der Waals surface area contributed by atoms with Crippen LogP contribution in [-0.4, -0.2) is 40.4 Å². The molecular weight excluding hydrogens is 646 g/mol. The first-order valence-corrected chi connectivity index (χ1v) is 14.7. The van der Waals surface area contributed by atoms with E-state index in [0.717, 1.165) is 21.1 Å². The molecule has 1 aliphatic rings. The van der Waals surface area contributed by atoms with Crippen molar-refractivity contribution >= 4 is 62.8 Å². The van der Waals surface area contributed by atoms with Crippen molar-refractivity contribution in [2.24, 2.45) is 0 Å². The predicted octanol–water partition coefficient (Wildman–Crippen LogP) is 5.30. The molecule has 44 heavy (non-hydrogen) atoms. The quantitative estimate of drug-likeness (QED) is 0.148. The standard InChI is InChI=1S/C32H20BrN5O5S/c33-21-10-6-18(7-11-21)25(39)17-43-32(42)20-8-12-22(13-9-20)38-27(40)14-26(31(38)41)44-30-24(16-35)28(19-4-2-1-3-5-19)23(15-34)29(36)37-30/h1-13,26H,14,17H2,(H2,36,37). The first kappa shape index (κ1) is 30.2. The molecule has 2 heterocycles. The molecule has 2 N–H and O–H groups in total. The summed E-state index contributed by atoms with van der Waals surface area (Å²) in [5.41, 5.74) is 7.86. The van der Waals surface area contributed by atoms with Crippen LogP contribution in [0.1, 0.15) is 38.3 Å². The van der Waals surface area contributed by atoms with Gasteiger partial charge in [-0.25, -0.2) is 14.7 Å². The third-order valence-electron chi connectivity index (χ3n) is 6.70. The van der Waals surface area contributed by atoms with Gasteiger partial charge < -0.3 is 10.5 Å². The topological polar surface area (TPSA) is 167 Å². The lowest BCUT2D eigenvalue weighted by Gasteiger charge is -2.16. The second-order valence-corrected chi connectivity index (χ2v) is 11.6. The van der Waals surface area contributed by atoms with Crippen LogP contribution in [0.5, 0.6) is 0 Å². The number of amides is 2.